The van der Waals surface area contributed by atoms with Crippen molar-refractivity contribution in [2.45, 2.75) is 23.1 Å². The molecule has 0 rings (SSSR count). The fourth-order valence-electron chi connectivity index (χ4n) is 3.69. The summed E-state index contributed by atoms with van der Waals surface area (Å²) in [5, 5.41) is 0. The summed E-state index contributed by atoms with van der Waals surface area (Å²) in [7, 11) is -47.0. The van der Waals surface area contributed by atoms with E-state index in [1.165, 1.54) is 0 Å². The Bertz CT molecular complexity index is 1160. The molecule has 4 atom stereocenters. The van der Waals surface area contributed by atoms with Crippen molar-refractivity contribution in [1.29, 1.82) is 0 Å². The maximum atomic E-state index is 12.2. The highest BCUT2D eigenvalue weighted by molar-refractivity contribution is 7.58. The van der Waals surface area contributed by atoms with Gasteiger partial charge in [0.25, 0.3) is 0 Å². The minimum atomic E-state index is -6.09. The number of rotatable bonds is 19. The summed E-state index contributed by atoms with van der Waals surface area (Å²) in [5.41, 5.74) is 0. The largest absolute Gasteiger partial charge is 0.343 e. The van der Waals surface area contributed by atoms with Crippen LogP contribution in [0.2, 0.25) is 0 Å². The van der Waals surface area contributed by atoms with E-state index in [9.17, 15) is 115 Å². The van der Waals surface area contributed by atoms with Gasteiger partial charge in [-0.25, -0.2) is 0 Å². The molecule has 26 nitrogen and oxygen atoms in total. The highest BCUT2D eigenvalue weighted by Gasteiger charge is 2.52. The smallest absolute Gasteiger partial charge is 0.324 e. The molecule has 0 radical (unpaired) electrons. The molecule has 0 aliphatic carbocycles. The van der Waals surface area contributed by atoms with Crippen LogP contribution >= 0.6 is 60.8 Å². The zero-order chi connectivity index (χ0) is 35.7. The quantitative estimate of drug-likeness (QED) is 0.0558. The van der Waals surface area contributed by atoms with E-state index < -0.39 is 122 Å². The summed E-state index contributed by atoms with van der Waals surface area (Å²) in [6, 6.07) is 0. The van der Waals surface area contributed by atoms with Crippen molar-refractivity contribution in [3.8, 4) is 0 Å². The molecule has 0 saturated heterocycles. The lowest BCUT2D eigenvalue weighted by molar-refractivity contribution is 0.132. The standard InChI is InChI=1S/C10H32N2O24P8/c13-37(14,15)3-7(41(25,26)27)11(8(42(28,29)30)4-38(16,17)18)1-2-12(9(43(31,32)33)5-39(19,20)21)10(44(34,35)36)6-40(22,23)24/h7-10H,1-6H2,(H2,13,14,15)(H2,16,17,18)(H2,19,20,21)(H2,22,23,24)(H2,25,26,27)(H2,28,29,30)(H2,31,32,33)(H2,34,35,36). The van der Waals surface area contributed by atoms with Gasteiger partial charge in [-0.1, -0.05) is 0 Å². The van der Waals surface area contributed by atoms with Gasteiger partial charge in [-0.05, 0) is 0 Å². The molecule has 0 aromatic carbocycles. The maximum absolute atomic E-state index is 12.2. The van der Waals surface area contributed by atoms with Gasteiger partial charge < -0.3 is 78.3 Å². The van der Waals surface area contributed by atoms with Crippen molar-refractivity contribution in [2.24, 2.45) is 0 Å². The molecular formula is C10H32N2O24P8. The highest BCUT2D eigenvalue weighted by Crippen LogP contribution is 2.59. The molecule has 0 saturated carbocycles. The zero-order valence-corrected chi connectivity index (χ0v) is 28.6. The van der Waals surface area contributed by atoms with Crippen molar-refractivity contribution < 1.29 is 115 Å². The zero-order valence-electron chi connectivity index (χ0n) is 21.4. The van der Waals surface area contributed by atoms with Crippen molar-refractivity contribution >= 4 is 60.8 Å². The predicted octanol–water partition coefficient (Wildman–Crippen LogP) is -3.68. The van der Waals surface area contributed by atoms with Crippen LogP contribution in [0.1, 0.15) is 0 Å². The van der Waals surface area contributed by atoms with E-state index in [4.69, 9.17) is 0 Å². The number of hydrogen-bond acceptors (Lipinski definition) is 10. The van der Waals surface area contributed by atoms with Gasteiger partial charge in [0.15, 0.2) is 0 Å². The van der Waals surface area contributed by atoms with Crippen LogP contribution in [0.25, 0.3) is 0 Å². The second-order valence-electron chi connectivity index (χ2n) is 9.14. The molecule has 0 aliphatic heterocycles. The van der Waals surface area contributed by atoms with Crippen molar-refractivity contribution in [2.75, 3.05) is 37.7 Å². The van der Waals surface area contributed by atoms with Crippen LogP contribution in [0.3, 0.4) is 0 Å². The SMILES string of the molecule is O=P(O)(O)CC(N(CCN(C(CP(=O)(O)O)P(=O)(O)O)C(CP(=O)(O)O)P(=O)(O)O)C(CP(=O)(O)O)P(=O)(O)O)P(=O)(O)O. The van der Waals surface area contributed by atoms with Crippen LogP contribution < -0.4 is 0 Å². The number of nitrogens with zero attached hydrogens (tertiary/aromatic N) is 2. The van der Waals surface area contributed by atoms with E-state index in [1.807, 2.05) is 0 Å². The molecule has 34 heteroatoms. The van der Waals surface area contributed by atoms with Crippen LogP contribution in [-0.4, -0.2) is 149 Å². The molecule has 44 heavy (non-hydrogen) atoms. The Morgan fingerprint density at radius 1 is 0.318 bits per heavy atom. The third-order valence-electron chi connectivity index (χ3n) is 5.31. The molecule has 0 aromatic heterocycles. The Labute approximate surface area is 246 Å². The Balaban J connectivity index is 7.70. The molecule has 0 aromatic rings. The molecule has 0 aliphatic rings. The second-order valence-corrected chi connectivity index (χ2v) is 23.0. The highest BCUT2D eigenvalue weighted by atomic mass is 31.2. The number of hydrogen-bond donors (Lipinski definition) is 16. The first-order valence-electron chi connectivity index (χ1n) is 10.8. The predicted molar refractivity (Wildman–Crippen MR) is 144 cm³/mol. The van der Waals surface area contributed by atoms with E-state index in [0.717, 1.165) is 0 Å². The second kappa shape index (κ2) is 15.3. The topological polar surface area (TPSA) is 467 Å². The fourth-order valence-corrected chi connectivity index (χ4v) is 15.1. The summed E-state index contributed by atoms with van der Waals surface area (Å²) >= 11 is 0. The molecule has 0 spiro atoms. The van der Waals surface area contributed by atoms with E-state index in [0.29, 0.717) is 0 Å². The minimum Gasteiger partial charge on any atom is -0.324 e. The van der Waals surface area contributed by atoms with Crippen LogP contribution in [0, 0.1) is 0 Å². The van der Waals surface area contributed by atoms with Crippen molar-refractivity contribution in [3.05, 3.63) is 0 Å². The van der Waals surface area contributed by atoms with Gasteiger partial charge in [-0.2, -0.15) is 0 Å². The van der Waals surface area contributed by atoms with Gasteiger partial charge >= 0.3 is 60.8 Å². The average Bonchev–Trinajstić information content (AvgIpc) is 2.66. The molecule has 266 valence electrons. The van der Waals surface area contributed by atoms with Crippen LogP contribution in [0.15, 0.2) is 0 Å². The van der Waals surface area contributed by atoms with Gasteiger partial charge in [0, 0.05) is 13.1 Å². The van der Waals surface area contributed by atoms with Crippen LogP contribution in [-0.2, 0) is 36.5 Å². The molecule has 16 N–H and O–H groups in total. The summed E-state index contributed by atoms with van der Waals surface area (Å²) in [4.78, 5) is 152. The van der Waals surface area contributed by atoms with E-state index in [-0.39, 0.29) is 9.80 Å². The van der Waals surface area contributed by atoms with Crippen molar-refractivity contribution in [1.82, 2.24) is 9.80 Å². The Morgan fingerprint density at radius 2 is 0.455 bits per heavy atom. The van der Waals surface area contributed by atoms with E-state index in [1.54, 1.807) is 0 Å². The van der Waals surface area contributed by atoms with Gasteiger partial charge in [0.1, 0.15) is 23.1 Å². The van der Waals surface area contributed by atoms with Crippen LogP contribution in [0.4, 0.5) is 0 Å². The third kappa shape index (κ3) is 17.5. The van der Waals surface area contributed by atoms with Gasteiger partial charge in [0.05, 0.1) is 24.6 Å². The first kappa shape index (κ1) is 45.1. The molecule has 0 fully saturated rings. The average molecular weight is 812 g/mol. The van der Waals surface area contributed by atoms with Gasteiger partial charge in [-0.3, -0.25) is 46.3 Å². The molecule has 0 amide bonds. The lowest BCUT2D eigenvalue weighted by atomic mass is 10.4. The molecule has 0 bridgehead atoms. The lowest BCUT2D eigenvalue weighted by Gasteiger charge is -2.42. The molecular weight excluding hydrogens is 780 g/mol. The lowest BCUT2D eigenvalue weighted by Crippen LogP contribution is -2.53. The Morgan fingerprint density at radius 3 is 0.545 bits per heavy atom. The van der Waals surface area contributed by atoms with Gasteiger partial charge in [-0.15, -0.1) is 0 Å². The van der Waals surface area contributed by atoms with Gasteiger partial charge in [0.2, 0.25) is 0 Å². The summed E-state index contributed by atoms with van der Waals surface area (Å²) < 4.78 is 95.7. The van der Waals surface area contributed by atoms with E-state index >= 15 is 0 Å². The summed E-state index contributed by atoms with van der Waals surface area (Å²) in [5.74, 6) is -12.5. The third-order valence-corrected chi connectivity index (χ3v) is 14.8. The summed E-state index contributed by atoms with van der Waals surface area (Å²) in [6.07, 6.45) is -8.15. The normalized spacial score (nSPS) is 18.0. The summed E-state index contributed by atoms with van der Waals surface area (Å²) in [6.45, 7) is -3.50. The Hall–Kier alpha value is 1.12. The fraction of sp³-hybridized carbons (Fsp3) is 1.00. The first-order chi connectivity index (χ1) is 18.9. The molecule has 4 unspecified atom stereocenters. The van der Waals surface area contributed by atoms with Crippen LogP contribution in [0.5, 0.6) is 0 Å². The maximum Gasteiger partial charge on any atom is 0.343 e. The molecule has 0 heterocycles. The monoisotopic (exact) mass is 812 g/mol. The first-order valence-corrected chi connectivity index (χ1v) is 24.7. The van der Waals surface area contributed by atoms with E-state index in [2.05, 4.69) is 0 Å². The Kier molecular flexibility index (Phi) is 15.7. The van der Waals surface area contributed by atoms with Crippen molar-refractivity contribution in [3.63, 3.8) is 0 Å². The minimum absolute atomic E-state index is 0.366.